The SMILES string of the molecule is Cc1cn(CC(C#N)(CO)OCP(=O)(O)O)c(=O)[nH]c1=O. The number of hydrogen-bond acceptors (Lipinski definition) is 6. The van der Waals surface area contributed by atoms with Crippen molar-refractivity contribution in [1.29, 1.82) is 5.26 Å². The number of hydrogen-bond donors (Lipinski definition) is 4. The molecule has 116 valence electrons. The van der Waals surface area contributed by atoms with Crippen LogP contribution in [0.1, 0.15) is 5.56 Å². The summed E-state index contributed by atoms with van der Waals surface area (Å²) in [7, 11) is -4.55. The predicted molar refractivity (Wildman–Crippen MR) is 69.5 cm³/mol. The fraction of sp³-hybridized carbons (Fsp3) is 0.500. The molecule has 0 spiro atoms. The molecule has 1 unspecified atom stereocenters. The van der Waals surface area contributed by atoms with Crippen LogP contribution >= 0.6 is 7.60 Å². The standard InChI is InChI=1S/C10H14N3O7P/c1-7-2-13(9(16)12-8(7)15)4-10(3-11,5-14)20-6-21(17,18)19/h2,14H,4-6H2,1H3,(H,12,15,16)(H2,17,18,19). The molecule has 0 bridgehead atoms. The molecule has 4 N–H and O–H groups in total. The zero-order chi connectivity index (χ0) is 16.3. The Bertz CT molecular complexity index is 713. The molecule has 11 heteroatoms. The van der Waals surface area contributed by atoms with Crippen molar-refractivity contribution in [2.24, 2.45) is 0 Å². The number of aromatic amines is 1. The molecule has 0 fully saturated rings. The molecule has 0 radical (unpaired) electrons. The number of rotatable bonds is 6. The van der Waals surface area contributed by atoms with Crippen LogP contribution in [0, 0.1) is 18.3 Å². The Morgan fingerprint density at radius 3 is 2.62 bits per heavy atom. The van der Waals surface area contributed by atoms with Gasteiger partial charge in [0.25, 0.3) is 5.56 Å². The largest absolute Gasteiger partial charge is 0.392 e. The third-order valence-electron chi connectivity index (χ3n) is 2.58. The molecule has 1 aromatic heterocycles. The molecule has 0 amide bonds. The number of nitrogens with one attached hydrogen (secondary N) is 1. The normalized spacial score (nSPS) is 14.4. The van der Waals surface area contributed by atoms with E-state index in [4.69, 9.17) is 19.8 Å². The van der Waals surface area contributed by atoms with Crippen LogP contribution in [0.3, 0.4) is 0 Å². The predicted octanol–water partition coefficient (Wildman–Crippen LogP) is -1.75. The Labute approximate surface area is 118 Å². The van der Waals surface area contributed by atoms with Gasteiger partial charge in [-0.2, -0.15) is 5.26 Å². The lowest BCUT2D eigenvalue weighted by Gasteiger charge is -2.25. The molecule has 21 heavy (non-hydrogen) atoms. The van der Waals surface area contributed by atoms with Crippen molar-refractivity contribution in [2.75, 3.05) is 13.0 Å². The summed E-state index contributed by atoms with van der Waals surface area (Å²) in [5.74, 6) is 0. The van der Waals surface area contributed by atoms with Crippen LogP contribution < -0.4 is 11.2 Å². The van der Waals surface area contributed by atoms with Crippen LogP contribution in [0.2, 0.25) is 0 Å². The summed E-state index contributed by atoms with van der Waals surface area (Å²) in [6.45, 7) is 0.0306. The zero-order valence-electron chi connectivity index (χ0n) is 11.0. The highest BCUT2D eigenvalue weighted by atomic mass is 31.2. The van der Waals surface area contributed by atoms with Crippen molar-refractivity contribution in [3.63, 3.8) is 0 Å². The summed E-state index contributed by atoms with van der Waals surface area (Å²) < 4.78 is 16.5. The quantitative estimate of drug-likeness (QED) is 0.448. The third-order valence-corrected chi connectivity index (χ3v) is 3.05. The van der Waals surface area contributed by atoms with E-state index >= 15 is 0 Å². The molecule has 0 aliphatic carbocycles. The van der Waals surface area contributed by atoms with Gasteiger partial charge in [-0.3, -0.25) is 18.9 Å². The van der Waals surface area contributed by atoms with Crippen LogP contribution in [-0.4, -0.2) is 43.0 Å². The van der Waals surface area contributed by atoms with E-state index in [2.05, 4.69) is 0 Å². The first-order valence-corrected chi connectivity index (χ1v) is 7.43. The molecular weight excluding hydrogens is 305 g/mol. The lowest BCUT2D eigenvalue weighted by Crippen LogP contribution is -2.44. The molecule has 0 saturated heterocycles. The number of aliphatic hydroxyl groups excluding tert-OH is 1. The van der Waals surface area contributed by atoms with Crippen LogP contribution in [0.5, 0.6) is 0 Å². The van der Waals surface area contributed by atoms with Crippen molar-refractivity contribution in [1.82, 2.24) is 9.55 Å². The summed E-state index contributed by atoms with van der Waals surface area (Å²) in [4.78, 5) is 42.4. The topological polar surface area (TPSA) is 166 Å². The van der Waals surface area contributed by atoms with Crippen LogP contribution in [0.4, 0.5) is 0 Å². The molecule has 1 rings (SSSR count). The van der Waals surface area contributed by atoms with Gasteiger partial charge < -0.3 is 19.6 Å². The lowest BCUT2D eigenvalue weighted by atomic mass is 10.1. The van der Waals surface area contributed by atoms with Gasteiger partial charge in [-0.05, 0) is 6.92 Å². The van der Waals surface area contributed by atoms with Gasteiger partial charge in [0, 0.05) is 11.8 Å². The van der Waals surface area contributed by atoms with E-state index in [1.54, 1.807) is 6.07 Å². The Morgan fingerprint density at radius 2 is 2.14 bits per heavy atom. The Hall–Kier alpha value is -1.76. The summed E-state index contributed by atoms with van der Waals surface area (Å²) in [5, 5.41) is 18.3. The van der Waals surface area contributed by atoms with Gasteiger partial charge in [0.1, 0.15) is 6.07 Å². The van der Waals surface area contributed by atoms with Crippen molar-refractivity contribution >= 4 is 7.60 Å². The van der Waals surface area contributed by atoms with Gasteiger partial charge >= 0.3 is 13.3 Å². The summed E-state index contributed by atoms with van der Waals surface area (Å²) in [6, 6.07) is 1.58. The zero-order valence-corrected chi connectivity index (χ0v) is 11.9. The summed E-state index contributed by atoms with van der Waals surface area (Å²) in [5.41, 5.74) is -3.26. The van der Waals surface area contributed by atoms with Gasteiger partial charge in [0.05, 0.1) is 13.2 Å². The van der Waals surface area contributed by atoms with Gasteiger partial charge in [0.2, 0.25) is 0 Å². The van der Waals surface area contributed by atoms with Crippen LogP contribution in [0.15, 0.2) is 15.8 Å². The molecule has 10 nitrogen and oxygen atoms in total. The van der Waals surface area contributed by atoms with E-state index in [1.165, 1.54) is 6.92 Å². The Kier molecular flexibility index (Phi) is 5.22. The molecule has 0 saturated carbocycles. The van der Waals surface area contributed by atoms with Crippen LogP contribution in [-0.2, 0) is 15.8 Å². The number of nitriles is 1. The Morgan fingerprint density at radius 1 is 1.52 bits per heavy atom. The number of aromatic nitrogens is 2. The number of nitrogens with zero attached hydrogens (tertiary/aromatic N) is 2. The first-order chi connectivity index (χ1) is 9.62. The molecule has 0 aliphatic heterocycles. The molecule has 1 aromatic rings. The first kappa shape index (κ1) is 17.3. The van der Waals surface area contributed by atoms with E-state index in [0.717, 1.165) is 10.8 Å². The van der Waals surface area contributed by atoms with E-state index in [-0.39, 0.29) is 5.56 Å². The second kappa shape index (κ2) is 6.34. The summed E-state index contributed by atoms with van der Waals surface area (Å²) >= 11 is 0. The van der Waals surface area contributed by atoms with Crippen molar-refractivity contribution in [2.45, 2.75) is 19.1 Å². The number of aryl methyl sites for hydroxylation is 1. The lowest BCUT2D eigenvalue weighted by molar-refractivity contribution is -0.0356. The molecule has 0 aliphatic rings. The maximum absolute atomic E-state index is 11.6. The highest BCUT2D eigenvalue weighted by molar-refractivity contribution is 7.51. The number of H-pyrrole nitrogens is 1. The highest BCUT2D eigenvalue weighted by Gasteiger charge is 2.34. The van der Waals surface area contributed by atoms with Crippen molar-refractivity contribution < 1.29 is 24.2 Å². The second-order valence-electron chi connectivity index (χ2n) is 4.40. The van der Waals surface area contributed by atoms with E-state index in [1.807, 2.05) is 4.98 Å². The van der Waals surface area contributed by atoms with Crippen molar-refractivity contribution in [3.8, 4) is 6.07 Å². The average Bonchev–Trinajstić information content (AvgIpc) is 2.39. The third kappa shape index (κ3) is 4.63. The maximum atomic E-state index is 11.6. The first-order valence-electron chi connectivity index (χ1n) is 5.63. The van der Waals surface area contributed by atoms with E-state index in [9.17, 15) is 19.3 Å². The maximum Gasteiger partial charge on any atom is 0.351 e. The monoisotopic (exact) mass is 319 g/mol. The molecule has 1 atom stereocenters. The van der Waals surface area contributed by atoms with E-state index in [0.29, 0.717) is 0 Å². The minimum Gasteiger partial charge on any atom is -0.392 e. The smallest absolute Gasteiger partial charge is 0.351 e. The number of aliphatic hydroxyl groups is 1. The summed E-state index contributed by atoms with van der Waals surface area (Å²) in [6.07, 6.45) is 0.0714. The minimum atomic E-state index is -4.55. The van der Waals surface area contributed by atoms with Gasteiger partial charge in [-0.15, -0.1) is 0 Å². The van der Waals surface area contributed by atoms with Crippen LogP contribution in [0.25, 0.3) is 0 Å². The van der Waals surface area contributed by atoms with Gasteiger partial charge in [-0.1, -0.05) is 0 Å². The number of ether oxygens (including phenoxy) is 1. The second-order valence-corrected chi connectivity index (χ2v) is 5.99. The fourth-order valence-corrected chi connectivity index (χ4v) is 1.88. The Balaban J connectivity index is 3.12. The van der Waals surface area contributed by atoms with Gasteiger partial charge in [-0.25, -0.2) is 4.79 Å². The van der Waals surface area contributed by atoms with E-state index < -0.39 is 43.9 Å². The minimum absolute atomic E-state index is 0.189. The molecular formula is C10H14N3O7P. The molecule has 0 aromatic carbocycles. The highest BCUT2D eigenvalue weighted by Crippen LogP contribution is 2.35. The average molecular weight is 319 g/mol. The fourth-order valence-electron chi connectivity index (χ4n) is 1.46. The molecule has 1 heterocycles. The van der Waals surface area contributed by atoms with Gasteiger partial charge in [0.15, 0.2) is 11.9 Å². The van der Waals surface area contributed by atoms with Crippen molar-refractivity contribution in [3.05, 3.63) is 32.6 Å².